The molecule has 0 bridgehead atoms. The molecular weight excluding hydrogens is 372 g/mol. The molecule has 0 aliphatic heterocycles. The lowest BCUT2D eigenvalue weighted by molar-refractivity contribution is -0.112. The molecule has 0 saturated carbocycles. The first-order chi connectivity index (χ1) is 12.2. The molecule has 3 nitrogen and oxygen atoms in total. The minimum Gasteiger partial charge on any atom is -0.294 e. The summed E-state index contributed by atoms with van der Waals surface area (Å²) in [6.45, 7) is 0. The van der Waals surface area contributed by atoms with Gasteiger partial charge >= 0.3 is 0 Å². The summed E-state index contributed by atoms with van der Waals surface area (Å²) < 4.78 is 76.1. The highest BCUT2D eigenvalue weighted by molar-refractivity contribution is 7.95. The Morgan fingerprint density at radius 2 is 1.35 bits per heavy atom. The van der Waals surface area contributed by atoms with Gasteiger partial charge in [0.25, 0.3) is 0 Å². The second-order valence-electron chi connectivity index (χ2n) is 5.24. The lowest BCUT2D eigenvalue weighted by atomic mass is 10.2. The van der Waals surface area contributed by atoms with Gasteiger partial charge in [0.1, 0.15) is 29.0 Å². The molecule has 0 fully saturated rings. The Hall–Kier alpha value is -2.74. The fourth-order valence-corrected chi connectivity index (χ4v) is 2.87. The van der Waals surface area contributed by atoms with Crippen molar-refractivity contribution in [2.45, 2.75) is 0 Å². The standard InChI is InChI=1S/C18H12F4O3S/c19-14-4-1-12(17(21)9-14)3-6-16(23)11-26(24,25)8-7-13-2-5-15(20)10-18(13)22/h1-10H,11H2/b6-3-,8-7?. The number of ketones is 1. The number of allylic oxidation sites excluding steroid dienone is 1. The molecule has 0 saturated heterocycles. The third-order valence-corrected chi connectivity index (χ3v) is 4.41. The maximum atomic E-state index is 13.4. The van der Waals surface area contributed by atoms with Gasteiger partial charge in [0.05, 0.1) is 0 Å². The SMILES string of the molecule is O=C(/C=C\c1ccc(F)cc1F)CS(=O)(=O)C=Cc1ccc(F)cc1F. The lowest BCUT2D eigenvalue weighted by Crippen LogP contribution is -2.11. The Kier molecular flexibility index (Phi) is 6.10. The fraction of sp³-hybridized carbons (Fsp3) is 0.0556. The average molecular weight is 384 g/mol. The van der Waals surface area contributed by atoms with E-state index in [-0.39, 0.29) is 11.1 Å². The molecule has 0 unspecified atom stereocenters. The van der Waals surface area contributed by atoms with Crippen molar-refractivity contribution in [2.75, 3.05) is 5.75 Å². The number of hydrogen-bond donors (Lipinski definition) is 0. The van der Waals surface area contributed by atoms with Gasteiger partial charge in [0, 0.05) is 28.7 Å². The molecule has 0 spiro atoms. The average Bonchev–Trinajstić information content (AvgIpc) is 2.52. The molecule has 0 radical (unpaired) electrons. The molecule has 0 N–H and O–H groups in total. The van der Waals surface area contributed by atoms with Crippen molar-refractivity contribution in [1.82, 2.24) is 0 Å². The smallest absolute Gasteiger partial charge is 0.179 e. The van der Waals surface area contributed by atoms with Gasteiger partial charge in [-0.15, -0.1) is 0 Å². The largest absolute Gasteiger partial charge is 0.294 e. The number of halogens is 4. The summed E-state index contributed by atoms with van der Waals surface area (Å²) in [5.41, 5.74) is -0.243. The summed E-state index contributed by atoms with van der Waals surface area (Å²) in [7, 11) is -4.02. The number of rotatable bonds is 6. The van der Waals surface area contributed by atoms with Gasteiger partial charge in [-0.2, -0.15) is 0 Å². The number of carbonyl (C=O) groups excluding carboxylic acids is 1. The van der Waals surface area contributed by atoms with Gasteiger partial charge < -0.3 is 0 Å². The van der Waals surface area contributed by atoms with Crippen LogP contribution in [0, 0.1) is 23.3 Å². The van der Waals surface area contributed by atoms with Crippen molar-refractivity contribution in [3.63, 3.8) is 0 Å². The Labute approximate surface area is 147 Å². The van der Waals surface area contributed by atoms with Crippen LogP contribution in [0.5, 0.6) is 0 Å². The van der Waals surface area contributed by atoms with E-state index in [1.165, 1.54) is 0 Å². The summed E-state index contributed by atoms with van der Waals surface area (Å²) >= 11 is 0. The Morgan fingerprint density at radius 3 is 1.85 bits per heavy atom. The Bertz CT molecular complexity index is 995. The summed E-state index contributed by atoms with van der Waals surface area (Å²) in [5.74, 6) is -5.22. The molecule has 2 rings (SSSR count). The van der Waals surface area contributed by atoms with Gasteiger partial charge in [-0.25, -0.2) is 26.0 Å². The van der Waals surface area contributed by atoms with E-state index < -0.39 is 44.6 Å². The second-order valence-corrected chi connectivity index (χ2v) is 7.13. The predicted octanol–water partition coefficient (Wildman–Crippen LogP) is 3.91. The van der Waals surface area contributed by atoms with E-state index in [9.17, 15) is 30.8 Å². The second kappa shape index (κ2) is 8.09. The van der Waals surface area contributed by atoms with Crippen molar-refractivity contribution >= 4 is 27.8 Å². The first-order valence-electron chi connectivity index (χ1n) is 7.18. The van der Waals surface area contributed by atoms with Gasteiger partial charge in [-0.1, -0.05) is 0 Å². The first-order valence-corrected chi connectivity index (χ1v) is 8.90. The molecule has 0 heterocycles. The number of benzene rings is 2. The molecule has 0 aliphatic carbocycles. The quantitative estimate of drug-likeness (QED) is 0.561. The molecule has 136 valence electrons. The zero-order valence-corrected chi connectivity index (χ0v) is 13.9. The molecule has 0 aromatic heterocycles. The monoisotopic (exact) mass is 384 g/mol. The topological polar surface area (TPSA) is 51.2 Å². The van der Waals surface area contributed by atoms with E-state index in [2.05, 4.69) is 0 Å². The Balaban J connectivity index is 2.07. The third kappa shape index (κ3) is 5.66. The summed E-state index contributed by atoms with van der Waals surface area (Å²) in [4.78, 5) is 11.7. The van der Waals surface area contributed by atoms with Crippen LogP contribution in [0.25, 0.3) is 12.2 Å². The molecule has 0 aliphatic rings. The van der Waals surface area contributed by atoms with Crippen molar-refractivity contribution < 1.29 is 30.8 Å². The molecule has 0 atom stereocenters. The minimum absolute atomic E-state index is 0.0823. The van der Waals surface area contributed by atoms with Crippen LogP contribution < -0.4 is 0 Å². The molecule has 2 aromatic rings. The van der Waals surface area contributed by atoms with Crippen LogP contribution in [0.4, 0.5) is 17.6 Å². The van der Waals surface area contributed by atoms with Crippen molar-refractivity contribution in [3.8, 4) is 0 Å². The van der Waals surface area contributed by atoms with E-state index in [4.69, 9.17) is 0 Å². The highest BCUT2D eigenvalue weighted by Crippen LogP contribution is 2.13. The van der Waals surface area contributed by atoms with E-state index in [1.807, 2.05) is 0 Å². The van der Waals surface area contributed by atoms with Crippen molar-refractivity contribution in [2.24, 2.45) is 0 Å². The van der Waals surface area contributed by atoms with E-state index in [1.54, 1.807) is 0 Å². The van der Waals surface area contributed by atoms with Gasteiger partial charge in [-0.3, -0.25) is 4.79 Å². The van der Waals surface area contributed by atoms with Gasteiger partial charge in [-0.05, 0) is 42.5 Å². The van der Waals surface area contributed by atoms with Gasteiger partial charge in [0.2, 0.25) is 0 Å². The molecule has 8 heteroatoms. The maximum absolute atomic E-state index is 13.4. The minimum atomic E-state index is -4.02. The zero-order chi connectivity index (χ0) is 19.3. The van der Waals surface area contributed by atoms with Crippen LogP contribution in [0.3, 0.4) is 0 Å². The first kappa shape index (κ1) is 19.6. The lowest BCUT2D eigenvalue weighted by Gasteiger charge is -1.99. The zero-order valence-electron chi connectivity index (χ0n) is 13.1. The number of sulfone groups is 1. The summed E-state index contributed by atoms with van der Waals surface area (Å²) in [6, 6.07) is 5.32. The van der Waals surface area contributed by atoms with Crippen LogP contribution in [0.2, 0.25) is 0 Å². The summed E-state index contributed by atoms with van der Waals surface area (Å²) in [5, 5.41) is 0.632. The summed E-state index contributed by atoms with van der Waals surface area (Å²) in [6.07, 6.45) is 2.77. The van der Waals surface area contributed by atoms with Crippen LogP contribution in [-0.2, 0) is 14.6 Å². The van der Waals surface area contributed by atoms with Crippen LogP contribution in [-0.4, -0.2) is 20.0 Å². The van der Waals surface area contributed by atoms with Crippen molar-refractivity contribution in [1.29, 1.82) is 0 Å². The molecule has 26 heavy (non-hydrogen) atoms. The predicted molar refractivity (Wildman–Crippen MR) is 89.6 cm³/mol. The van der Waals surface area contributed by atoms with Crippen LogP contribution in [0.1, 0.15) is 11.1 Å². The van der Waals surface area contributed by atoms with Crippen LogP contribution in [0.15, 0.2) is 47.9 Å². The van der Waals surface area contributed by atoms with E-state index >= 15 is 0 Å². The highest BCUT2D eigenvalue weighted by Gasteiger charge is 2.12. The highest BCUT2D eigenvalue weighted by atomic mass is 32.2. The van der Waals surface area contributed by atoms with Crippen LogP contribution >= 0.6 is 0 Å². The third-order valence-electron chi connectivity index (χ3n) is 3.17. The fourth-order valence-electron chi connectivity index (χ4n) is 1.93. The molecule has 2 aromatic carbocycles. The van der Waals surface area contributed by atoms with Gasteiger partial charge in [0.15, 0.2) is 15.6 Å². The van der Waals surface area contributed by atoms with E-state index in [0.717, 1.165) is 42.5 Å². The molecule has 0 amide bonds. The number of carbonyl (C=O) groups is 1. The Morgan fingerprint density at radius 1 is 0.846 bits per heavy atom. The molecular formula is C18H12F4O3S. The van der Waals surface area contributed by atoms with E-state index in [0.29, 0.717) is 17.5 Å². The number of hydrogen-bond acceptors (Lipinski definition) is 3. The van der Waals surface area contributed by atoms with Crippen molar-refractivity contribution in [3.05, 3.63) is 82.3 Å². The maximum Gasteiger partial charge on any atom is 0.179 e. The normalized spacial score (nSPS) is 12.2.